The summed E-state index contributed by atoms with van der Waals surface area (Å²) in [5.74, 6) is 4.65. The molecular weight excluding hydrogens is 410 g/mol. The van der Waals surface area contributed by atoms with Gasteiger partial charge in [-0.2, -0.15) is 0 Å². The maximum Gasteiger partial charge on any atom is 0.130 e. The second-order valence-electron chi connectivity index (χ2n) is 11.3. The second-order valence-corrected chi connectivity index (χ2v) is 12.3. The zero-order chi connectivity index (χ0) is 22.3. The van der Waals surface area contributed by atoms with Crippen molar-refractivity contribution in [1.82, 2.24) is 4.98 Å². The van der Waals surface area contributed by atoms with Gasteiger partial charge in [-0.05, 0) is 86.2 Å². The van der Waals surface area contributed by atoms with Gasteiger partial charge in [0.15, 0.2) is 0 Å². The van der Waals surface area contributed by atoms with Crippen molar-refractivity contribution in [2.75, 3.05) is 0 Å². The van der Waals surface area contributed by atoms with Crippen molar-refractivity contribution in [3.63, 3.8) is 0 Å². The highest BCUT2D eigenvalue weighted by Crippen LogP contribution is 2.68. The van der Waals surface area contributed by atoms with Crippen molar-refractivity contribution < 1.29 is 5.11 Å². The Bertz CT molecular complexity index is 1170. The number of aliphatic hydroxyl groups is 1. The van der Waals surface area contributed by atoms with Crippen molar-refractivity contribution in [2.45, 2.75) is 71.3 Å². The van der Waals surface area contributed by atoms with Crippen LogP contribution in [0.15, 0.2) is 30.3 Å². The fourth-order valence-corrected chi connectivity index (χ4v) is 9.44. The van der Waals surface area contributed by atoms with Gasteiger partial charge in [0, 0.05) is 11.0 Å². The van der Waals surface area contributed by atoms with E-state index in [9.17, 15) is 5.11 Å². The van der Waals surface area contributed by atoms with E-state index in [1.807, 2.05) is 11.3 Å². The van der Waals surface area contributed by atoms with Gasteiger partial charge in [-0.25, -0.2) is 4.98 Å². The predicted molar refractivity (Wildman–Crippen MR) is 132 cm³/mol. The van der Waals surface area contributed by atoms with Gasteiger partial charge in [0.1, 0.15) is 10.6 Å². The Morgan fingerprint density at radius 1 is 1.12 bits per heavy atom. The third-order valence-corrected chi connectivity index (χ3v) is 11.2. The Morgan fingerprint density at radius 2 is 1.91 bits per heavy atom. The zero-order valence-corrected chi connectivity index (χ0v) is 20.3. The molecule has 2 fully saturated rings. The molecule has 3 heteroatoms. The van der Waals surface area contributed by atoms with Crippen molar-refractivity contribution in [3.8, 4) is 22.9 Å². The summed E-state index contributed by atoms with van der Waals surface area (Å²) in [6.07, 6.45) is 15.8. The lowest BCUT2D eigenvalue weighted by atomic mass is 9.47. The molecule has 4 aliphatic carbocycles. The first-order valence-corrected chi connectivity index (χ1v) is 13.1. The molecule has 6 rings (SSSR count). The number of hydrogen-bond donors (Lipinski definition) is 1. The second kappa shape index (κ2) is 6.81. The van der Waals surface area contributed by atoms with Crippen molar-refractivity contribution in [1.29, 1.82) is 0 Å². The van der Waals surface area contributed by atoms with E-state index in [1.165, 1.54) is 39.5 Å². The molecule has 0 spiro atoms. The average molecular weight is 444 g/mol. The molecule has 0 saturated heterocycles. The number of thiazole rings is 1. The normalized spacial score (nSPS) is 39.8. The van der Waals surface area contributed by atoms with Crippen molar-refractivity contribution >= 4 is 16.9 Å². The molecule has 2 aromatic rings. The number of benzene rings is 1. The molecule has 1 N–H and O–H groups in total. The quantitative estimate of drug-likeness (QED) is 0.500. The number of nitrogens with zero attached hydrogens (tertiary/aromatic N) is 1. The van der Waals surface area contributed by atoms with Crippen LogP contribution in [0, 0.1) is 47.9 Å². The first-order valence-electron chi connectivity index (χ1n) is 12.3. The van der Waals surface area contributed by atoms with E-state index in [1.54, 1.807) is 5.57 Å². The molecule has 166 valence electrons. The molecule has 2 nitrogen and oxygen atoms in total. The minimum absolute atomic E-state index is 0.132. The van der Waals surface area contributed by atoms with Gasteiger partial charge in [-0.1, -0.05) is 50.1 Å². The van der Waals surface area contributed by atoms with Gasteiger partial charge < -0.3 is 5.11 Å². The first-order chi connectivity index (χ1) is 15.3. The highest BCUT2D eigenvalue weighted by atomic mass is 32.1. The van der Waals surface area contributed by atoms with Crippen LogP contribution in [0.3, 0.4) is 0 Å². The van der Waals surface area contributed by atoms with Gasteiger partial charge in [-0.3, -0.25) is 0 Å². The zero-order valence-electron chi connectivity index (χ0n) is 19.4. The molecule has 32 heavy (non-hydrogen) atoms. The molecule has 2 saturated carbocycles. The van der Waals surface area contributed by atoms with E-state index >= 15 is 0 Å². The van der Waals surface area contributed by atoms with Gasteiger partial charge >= 0.3 is 0 Å². The van der Waals surface area contributed by atoms with Crippen LogP contribution >= 0.6 is 11.3 Å². The van der Waals surface area contributed by atoms with E-state index in [4.69, 9.17) is 11.4 Å². The Balaban J connectivity index is 1.39. The SMILES string of the molecule is C#C[C@]1(O)CC[C@H]2[C@@H]3CC=C4c5sc(-c6ccccc6C)nc5CC[C@]4(C)[C@H]3CC[C@@]21C. The number of hydrogen-bond acceptors (Lipinski definition) is 3. The summed E-state index contributed by atoms with van der Waals surface area (Å²) < 4.78 is 0. The molecule has 6 atom stereocenters. The average Bonchev–Trinajstić information content (AvgIpc) is 3.33. The standard InChI is InChI=1S/C29H33NOS/c1-5-29(31)17-13-22-20-10-11-23-25-24(30-26(32-25)19-9-7-6-8-18(19)2)14-15-27(23,3)21(20)12-16-28(22,29)4/h1,6-9,11,20-22,31H,10,12-17H2,2-4H3/t20-,21+,22+,27-,28+,29+/m1/s1. The molecule has 0 aliphatic heterocycles. The van der Waals surface area contributed by atoms with Crippen molar-refractivity contribution in [2.24, 2.45) is 28.6 Å². The number of allylic oxidation sites excluding steroid dienone is 2. The Hall–Kier alpha value is -1.89. The maximum absolute atomic E-state index is 11.2. The monoisotopic (exact) mass is 443 g/mol. The summed E-state index contributed by atoms with van der Waals surface area (Å²) in [6, 6.07) is 8.62. The fraction of sp³-hybridized carbons (Fsp3) is 0.552. The lowest BCUT2D eigenvalue weighted by Gasteiger charge is -2.57. The summed E-state index contributed by atoms with van der Waals surface area (Å²) >= 11 is 1.90. The molecular formula is C29H33NOS. The number of rotatable bonds is 1. The van der Waals surface area contributed by atoms with Crippen LogP contribution in [0.1, 0.15) is 68.5 Å². The summed E-state index contributed by atoms with van der Waals surface area (Å²) in [5, 5.41) is 12.4. The van der Waals surface area contributed by atoms with Crippen LogP contribution in [-0.2, 0) is 6.42 Å². The largest absolute Gasteiger partial charge is 0.377 e. The van der Waals surface area contributed by atoms with Crippen LogP contribution in [-0.4, -0.2) is 15.7 Å². The third-order valence-electron chi connectivity index (χ3n) is 10.1. The van der Waals surface area contributed by atoms with E-state index in [0.29, 0.717) is 17.8 Å². The number of aryl methyl sites for hydroxylation is 2. The molecule has 0 radical (unpaired) electrons. The Morgan fingerprint density at radius 3 is 2.69 bits per heavy atom. The van der Waals surface area contributed by atoms with E-state index < -0.39 is 5.60 Å². The first kappa shape index (κ1) is 20.7. The van der Waals surface area contributed by atoms with Crippen LogP contribution in [0.25, 0.3) is 16.1 Å². The molecule has 1 aromatic heterocycles. The minimum Gasteiger partial charge on any atom is -0.377 e. The highest BCUT2D eigenvalue weighted by Gasteiger charge is 2.63. The van der Waals surface area contributed by atoms with Crippen LogP contribution in [0.5, 0.6) is 0 Å². The molecule has 1 aromatic carbocycles. The molecule has 0 amide bonds. The van der Waals surface area contributed by atoms with Crippen LogP contribution < -0.4 is 0 Å². The fourth-order valence-electron chi connectivity index (χ4n) is 8.06. The van der Waals surface area contributed by atoms with E-state index in [0.717, 1.165) is 32.1 Å². The summed E-state index contributed by atoms with van der Waals surface area (Å²) in [7, 11) is 0. The summed E-state index contributed by atoms with van der Waals surface area (Å²) in [6.45, 7) is 6.98. The Kier molecular flexibility index (Phi) is 4.41. The number of aromatic nitrogens is 1. The summed E-state index contributed by atoms with van der Waals surface area (Å²) in [4.78, 5) is 6.56. The Labute approximate surface area is 196 Å². The molecule has 0 bridgehead atoms. The van der Waals surface area contributed by atoms with Crippen LogP contribution in [0.2, 0.25) is 0 Å². The van der Waals surface area contributed by atoms with E-state index in [-0.39, 0.29) is 10.8 Å². The van der Waals surface area contributed by atoms with E-state index in [2.05, 4.69) is 57.0 Å². The molecule has 4 aliphatic rings. The maximum atomic E-state index is 11.2. The highest BCUT2D eigenvalue weighted by molar-refractivity contribution is 7.16. The predicted octanol–water partition coefficient (Wildman–Crippen LogP) is 6.66. The van der Waals surface area contributed by atoms with Crippen LogP contribution in [0.4, 0.5) is 0 Å². The van der Waals surface area contributed by atoms with Crippen molar-refractivity contribution in [3.05, 3.63) is 46.5 Å². The number of terminal acetylenes is 1. The molecule has 0 unspecified atom stereocenters. The third kappa shape index (κ3) is 2.54. The van der Waals surface area contributed by atoms with Gasteiger partial charge in [0.05, 0.1) is 10.6 Å². The van der Waals surface area contributed by atoms with Gasteiger partial charge in [0.25, 0.3) is 0 Å². The minimum atomic E-state index is -0.923. The lowest BCUT2D eigenvalue weighted by Crippen LogP contribution is -2.53. The van der Waals surface area contributed by atoms with Gasteiger partial charge in [-0.15, -0.1) is 17.8 Å². The lowest BCUT2D eigenvalue weighted by molar-refractivity contribution is -0.0886. The smallest absolute Gasteiger partial charge is 0.130 e. The summed E-state index contributed by atoms with van der Waals surface area (Å²) in [5.41, 5.74) is 4.60. The number of fused-ring (bicyclic) bond motifs is 7. The molecule has 1 heterocycles. The van der Waals surface area contributed by atoms with Gasteiger partial charge in [0.2, 0.25) is 0 Å². The topological polar surface area (TPSA) is 33.1 Å².